The highest BCUT2D eigenvalue weighted by atomic mass is 16.5. The predicted octanol–water partition coefficient (Wildman–Crippen LogP) is 2.77. The number of imide groups is 1. The highest BCUT2D eigenvalue weighted by Gasteiger charge is 2.59. The van der Waals surface area contributed by atoms with Crippen LogP contribution >= 0.6 is 0 Å². The second-order valence-electron chi connectivity index (χ2n) is 8.81. The lowest BCUT2D eigenvalue weighted by atomic mass is 9.85. The lowest BCUT2D eigenvalue weighted by molar-refractivity contribution is -0.129. The molecule has 3 aliphatic rings. The van der Waals surface area contributed by atoms with E-state index in [1.165, 1.54) is 17.0 Å². The van der Waals surface area contributed by atoms with Gasteiger partial charge in [-0.15, -0.1) is 0 Å². The van der Waals surface area contributed by atoms with Gasteiger partial charge in [0, 0.05) is 5.41 Å². The van der Waals surface area contributed by atoms with Crippen LogP contribution in [0, 0.1) is 29.1 Å². The van der Waals surface area contributed by atoms with Gasteiger partial charge in [0.25, 0.3) is 0 Å². The Bertz CT molecular complexity index is 862. The molecule has 1 saturated heterocycles. The van der Waals surface area contributed by atoms with Crippen LogP contribution in [0.3, 0.4) is 0 Å². The minimum Gasteiger partial charge on any atom is -0.454 e. The Balaban J connectivity index is 1.45. The maximum atomic E-state index is 12.8. The van der Waals surface area contributed by atoms with Crippen molar-refractivity contribution < 1.29 is 23.9 Å². The SMILES string of the molecule is CC(C)(C)C(=O)COC(=O)c1ccc(N2C(=O)C3C4C=CC(C4)C3C2=O)cc1. The van der Waals surface area contributed by atoms with Crippen molar-refractivity contribution in [3.8, 4) is 0 Å². The zero-order valence-electron chi connectivity index (χ0n) is 16.2. The molecular weight excluding hydrogens is 358 g/mol. The molecule has 1 saturated carbocycles. The molecule has 1 aromatic rings. The third-order valence-electron chi connectivity index (χ3n) is 6.00. The van der Waals surface area contributed by atoms with Crippen molar-refractivity contribution >= 4 is 29.3 Å². The first kappa shape index (κ1) is 18.6. The number of benzene rings is 1. The van der Waals surface area contributed by atoms with Crippen molar-refractivity contribution in [2.75, 3.05) is 11.5 Å². The van der Waals surface area contributed by atoms with Crippen LogP contribution in [0.2, 0.25) is 0 Å². The summed E-state index contributed by atoms with van der Waals surface area (Å²) in [5.41, 5.74) is 0.157. The van der Waals surface area contributed by atoms with E-state index in [2.05, 4.69) is 12.2 Å². The summed E-state index contributed by atoms with van der Waals surface area (Å²) in [5.74, 6) is -1.28. The zero-order valence-corrected chi connectivity index (χ0v) is 16.2. The maximum absolute atomic E-state index is 12.8. The van der Waals surface area contributed by atoms with Gasteiger partial charge in [0.05, 0.1) is 23.1 Å². The van der Waals surface area contributed by atoms with Crippen molar-refractivity contribution in [1.29, 1.82) is 0 Å². The number of carbonyl (C=O) groups excluding carboxylic acids is 4. The van der Waals surface area contributed by atoms with Crippen LogP contribution in [-0.4, -0.2) is 30.2 Å². The topological polar surface area (TPSA) is 80.8 Å². The van der Waals surface area contributed by atoms with Crippen LogP contribution in [0.5, 0.6) is 0 Å². The predicted molar refractivity (Wildman–Crippen MR) is 101 cm³/mol. The number of Topliss-reactive ketones (excluding diaryl/α,β-unsaturated/α-hetero) is 1. The van der Waals surface area contributed by atoms with Gasteiger partial charge in [-0.2, -0.15) is 0 Å². The Morgan fingerprint density at radius 3 is 2.04 bits per heavy atom. The van der Waals surface area contributed by atoms with Crippen molar-refractivity contribution in [2.24, 2.45) is 29.1 Å². The van der Waals surface area contributed by atoms with Crippen molar-refractivity contribution in [3.05, 3.63) is 42.0 Å². The molecule has 0 radical (unpaired) electrons. The zero-order chi connectivity index (χ0) is 20.2. The highest BCUT2D eigenvalue weighted by molar-refractivity contribution is 6.22. The summed E-state index contributed by atoms with van der Waals surface area (Å²) >= 11 is 0. The van der Waals surface area contributed by atoms with E-state index in [0.717, 1.165) is 6.42 Å². The van der Waals surface area contributed by atoms with E-state index in [4.69, 9.17) is 4.74 Å². The van der Waals surface area contributed by atoms with Gasteiger partial charge in [0.15, 0.2) is 12.4 Å². The molecule has 4 atom stereocenters. The van der Waals surface area contributed by atoms with E-state index in [1.807, 2.05) is 0 Å². The maximum Gasteiger partial charge on any atom is 0.338 e. The normalized spacial score (nSPS) is 28.0. The minimum atomic E-state index is -0.609. The van der Waals surface area contributed by atoms with Crippen LogP contribution in [0.15, 0.2) is 36.4 Å². The van der Waals surface area contributed by atoms with Crippen molar-refractivity contribution in [2.45, 2.75) is 27.2 Å². The van der Waals surface area contributed by atoms with E-state index < -0.39 is 11.4 Å². The molecule has 146 valence electrons. The molecule has 2 fully saturated rings. The smallest absolute Gasteiger partial charge is 0.338 e. The molecule has 2 amide bonds. The van der Waals surface area contributed by atoms with Crippen LogP contribution in [0.1, 0.15) is 37.6 Å². The van der Waals surface area contributed by atoms with Crippen LogP contribution in [0.4, 0.5) is 5.69 Å². The Kier molecular flexibility index (Phi) is 4.25. The van der Waals surface area contributed by atoms with Crippen molar-refractivity contribution in [1.82, 2.24) is 0 Å². The highest BCUT2D eigenvalue weighted by Crippen LogP contribution is 2.53. The molecule has 1 aromatic carbocycles. The molecule has 6 heteroatoms. The molecule has 0 aromatic heterocycles. The number of rotatable bonds is 4. The Hall–Kier alpha value is -2.76. The van der Waals surface area contributed by atoms with E-state index in [9.17, 15) is 19.2 Å². The van der Waals surface area contributed by atoms with Gasteiger partial charge in [-0.1, -0.05) is 32.9 Å². The number of fused-ring (bicyclic) bond motifs is 5. The van der Waals surface area contributed by atoms with Crippen LogP contribution in [0.25, 0.3) is 0 Å². The Morgan fingerprint density at radius 1 is 1.00 bits per heavy atom. The fourth-order valence-electron chi connectivity index (χ4n) is 4.33. The summed E-state index contributed by atoms with van der Waals surface area (Å²) in [5, 5.41) is 0. The second-order valence-corrected chi connectivity index (χ2v) is 8.81. The van der Waals surface area contributed by atoms with Gasteiger partial charge in [0.2, 0.25) is 11.8 Å². The quantitative estimate of drug-likeness (QED) is 0.455. The average Bonchev–Trinajstić information content (AvgIpc) is 3.32. The van der Waals surface area contributed by atoms with E-state index in [1.54, 1.807) is 32.9 Å². The molecule has 0 spiro atoms. The number of hydrogen-bond acceptors (Lipinski definition) is 5. The fourth-order valence-corrected chi connectivity index (χ4v) is 4.33. The Labute approximate surface area is 163 Å². The summed E-state index contributed by atoms with van der Waals surface area (Å²) in [4.78, 5) is 50.9. The van der Waals surface area contributed by atoms with Gasteiger partial charge < -0.3 is 4.74 Å². The molecule has 4 rings (SSSR count). The van der Waals surface area contributed by atoms with Crippen molar-refractivity contribution in [3.63, 3.8) is 0 Å². The number of nitrogens with zero attached hydrogens (tertiary/aromatic N) is 1. The third kappa shape index (κ3) is 2.87. The standard InChI is InChI=1S/C22H23NO5/c1-22(2,3)16(24)11-28-21(27)12-6-8-15(9-7-12)23-19(25)17-13-4-5-14(10-13)18(17)20(23)26/h4-9,13-14,17-18H,10-11H2,1-3H3. The molecule has 4 unspecified atom stereocenters. The van der Waals surface area contributed by atoms with E-state index >= 15 is 0 Å². The molecule has 1 aliphatic heterocycles. The minimum absolute atomic E-state index is 0.155. The summed E-state index contributed by atoms with van der Waals surface area (Å²) in [6, 6.07) is 6.18. The summed E-state index contributed by atoms with van der Waals surface area (Å²) in [7, 11) is 0. The van der Waals surface area contributed by atoms with Gasteiger partial charge >= 0.3 is 5.97 Å². The lowest BCUT2D eigenvalue weighted by Crippen LogP contribution is -2.32. The number of anilines is 1. The monoisotopic (exact) mass is 381 g/mol. The fraction of sp³-hybridized carbons (Fsp3) is 0.455. The first-order chi connectivity index (χ1) is 13.2. The Morgan fingerprint density at radius 2 is 1.54 bits per heavy atom. The van der Waals surface area contributed by atoms with Gasteiger partial charge in [0.1, 0.15) is 0 Å². The molecule has 0 N–H and O–H groups in total. The number of hydrogen-bond donors (Lipinski definition) is 0. The van der Waals surface area contributed by atoms with E-state index in [0.29, 0.717) is 5.69 Å². The van der Waals surface area contributed by atoms with Crippen LogP contribution < -0.4 is 4.90 Å². The van der Waals surface area contributed by atoms with Gasteiger partial charge in [-0.05, 0) is 42.5 Å². The first-order valence-corrected chi connectivity index (χ1v) is 9.55. The average molecular weight is 381 g/mol. The number of esters is 1. The second kappa shape index (κ2) is 6.40. The number of carbonyl (C=O) groups is 4. The summed E-state index contributed by atoms with van der Waals surface area (Å²) in [6.07, 6.45) is 5.00. The molecule has 1 heterocycles. The molecule has 28 heavy (non-hydrogen) atoms. The molecule has 6 nitrogen and oxygen atoms in total. The third-order valence-corrected chi connectivity index (χ3v) is 6.00. The number of ether oxygens (including phenoxy) is 1. The molecule has 2 bridgehead atoms. The molecular formula is C22H23NO5. The largest absolute Gasteiger partial charge is 0.454 e. The van der Waals surface area contributed by atoms with Crippen LogP contribution in [-0.2, 0) is 19.1 Å². The van der Waals surface area contributed by atoms with Gasteiger partial charge in [-0.3, -0.25) is 19.3 Å². The number of allylic oxidation sites excluding steroid dienone is 2. The summed E-state index contributed by atoms with van der Waals surface area (Å²) in [6.45, 7) is 5.00. The summed E-state index contributed by atoms with van der Waals surface area (Å²) < 4.78 is 5.08. The lowest BCUT2D eigenvalue weighted by Gasteiger charge is -2.18. The molecule has 2 aliphatic carbocycles. The van der Waals surface area contributed by atoms with E-state index in [-0.39, 0.29) is 53.4 Å². The van der Waals surface area contributed by atoms with Gasteiger partial charge in [-0.25, -0.2) is 4.79 Å². The first-order valence-electron chi connectivity index (χ1n) is 9.55. The number of amides is 2. The number of ketones is 1.